The molecule has 2 aromatic heterocycles. The topological polar surface area (TPSA) is 107 Å². The van der Waals surface area contributed by atoms with Crippen LogP contribution in [-0.2, 0) is 29.5 Å². The van der Waals surface area contributed by atoms with E-state index in [-0.39, 0.29) is 29.0 Å². The Balaban J connectivity index is 2.01. The molecule has 1 atom stereocenters. The zero-order chi connectivity index (χ0) is 21.8. The molecular weight excluding hydrogens is 386 g/mol. The highest BCUT2D eigenvalue weighted by molar-refractivity contribution is 5.71. The van der Waals surface area contributed by atoms with E-state index in [0.717, 1.165) is 5.56 Å². The van der Waals surface area contributed by atoms with Crippen molar-refractivity contribution in [1.82, 2.24) is 14.3 Å². The number of pyridine rings is 1. The lowest BCUT2D eigenvalue weighted by Gasteiger charge is -2.19. The number of hydrogen-bond donors (Lipinski definition) is 2. The molecule has 0 bridgehead atoms. The highest BCUT2D eigenvalue weighted by atomic mass is 16.5. The summed E-state index contributed by atoms with van der Waals surface area (Å²) in [5, 5.41) is 24.2. The second-order valence-corrected chi connectivity index (χ2v) is 7.24. The molecule has 2 heterocycles. The fourth-order valence-electron chi connectivity index (χ4n) is 3.53. The van der Waals surface area contributed by atoms with Gasteiger partial charge in [0.2, 0.25) is 0 Å². The fourth-order valence-corrected chi connectivity index (χ4v) is 3.53. The molecule has 0 aliphatic heterocycles. The lowest BCUT2D eigenvalue weighted by atomic mass is 9.90. The van der Waals surface area contributed by atoms with Gasteiger partial charge in [-0.15, -0.1) is 0 Å². The van der Waals surface area contributed by atoms with Crippen LogP contribution in [-0.4, -0.2) is 37.6 Å². The third-order valence-electron chi connectivity index (χ3n) is 5.16. The van der Waals surface area contributed by atoms with E-state index in [1.807, 2.05) is 0 Å². The Labute approximate surface area is 174 Å². The van der Waals surface area contributed by atoms with Crippen molar-refractivity contribution in [2.75, 3.05) is 7.11 Å². The minimum absolute atomic E-state index is 0.0913. The van der Waals surface area contributed by atoms with E-state index in [2.05, 4.69) is 5.10 Å². The minimum Gasteiger partial charge on any atom is -0.508 e. The molecule has 2 N–H and O–H groups in total. The third-order valence-corrected chi connectivity index (χ3v) is 5.16. The van der Waals surface area contributed by atoms with Gasteiger partial charge < -0.3 is 19.5 Å². The second-order valence-electron chi connectivity index (χ2n) is 7.24. The summed E-state index contributed by atoms with van der Waals surface area (Å²) in [6.45, 7) is 2.14. The number of carbonyl (C=O) groups is 1. The van der Waals surface area contributed by atoms with Gasteiger partial charge in [-0.25, -0.2) is 0 Å². The summed E-state index contributed by atoms with van der Waals surface area (Å²) in [6, 6.07) is 8.33. The Morgan fingerprint density at radius 1 is 1.23 bits per heavy atom. The van der Waals surface area contributed by atoms with Gasteiger partial charge in [-0.1, -0.05) is 12.1 Å². The van der Waals surface area contributed by atoms with Gasteiger partial charge >= 0.3 is 5.97 Å². The number of benzene rings is 1. The third kappa shape index (κ3) is 4.53. The van der Waals surface area contributed by atoms with Crippen LogP contribution in [0.2, 0.25) is 0 Å². The van der Waals surface area contributed by atoms with Crippen molar-refractivity contribution in [3.63, 3.8) is 0 Å². The van der Waals surface area contributed by atoms with Crippen LogP contribution in [0.1, 0.15) is 34.7 Å². The smallest absolute Gasteiger partial charge is 0.306 e. The molecule has 3 rings (SSSR count). The first-order valence-electron chi connectivity index (χ1n) is 9.56. The highest BCUT2D eigenvalue weighted by Crippen LogP contribution is 2.32. The molecule has 0 aliphatic carbocycles. The standard InChI is InChI=1S/C22H25N3O5/c1-14-10-19(27)21(18(11-20(28)30-3)16-12-23-24(2)13-16)22(29)25(14)9-8-15-4-6-17(26)7-5-15/h4-7,10,12-13,18,26-27H,8-9,11H2,1-3H3/t18-/m0/s1. The number of phenols is 1. The average molecular weight is 411 g/mol. The number of hydrogen-bond acceptors (Lipinski definition) is 6. The maximum atomic E-state index is 13.4. The Bertz CT molecular complexity index is 1100. The SMILES string of the molecule is COC(=O)C[C@@H](c1cnn(C)c1)c1c(O)cc(C)n(CCc2ccc(O)cc2)c1=O. The number of esters is 1. The van der Waals surface area contributed by atoms with Gasteiger partial charge in [-0.05, 0) is 42.7 Å². The zero-order valence-electron chi connectivity index (χ0n) is 17.2. The number of aromatic nitrogens is 3. The second kappa shape index (κ2) is 8.86. The van der Waals surface area contributed by atoms with E-state index in [9.17, 15) is 19.8 Å². The predicted molar refractivity (Wildman–Crippen MR) is 111 cm³/mol. The first kappa shape index (κ1) is 21.2. The van der Waals surface area contributed by atoms with Crippen LogP contribution in [0.3, 0.4) is 0 Å². The Hall–Kier alpha value is -3.55. The molecule has 30 heavy (non-hydrogen) atoms. The Morgan fingerprint density at radius 3 is 2.53 bits per heavy atom. The van der Waals surface area contributed by atoms with Gasteiger partial charge in [0.15, 0.2) is 0 Å². The van der Waals surface area contributed by atoms with Gasteiger partial charge in [0.25, 0.3) is 5.56 Å². The number of phenolic OH excluding ortho intramolecular Hbond substituents is 1. The van der Waals surface area contributed by atoms with E-state index < -0.39 is 11.9 Å². The number of methoxy groups -OCH3 is 1. The van der Waals surface area contributed by atoms with E-state index in [1.54, 1.807) is 59.9 Å². The van der Waals surface area contributed by atoms with Crippen LogP contribution in [0.25, 0.3) is 0 Å². The van der Waals surface area contributed by atoms with Crippen molar-refractivity contribution in [1.29, 1.82) is 0 Å². The van der Waals surface area contributed by atoms with Crippen LogP contribution in [0.4, 0.5) is 0 Å². The summed E-state index contributed by atoms with van der Waals surface area (Å²) in [7, 11) is 3.03. The lowest BCUT2D eigenvalue weighted by Crippen LogP contribution is -2.29. The molecule has 0 fully saturated rings. The summed E-state index contributed by atoms with van der Waals surface area (Å²) in [6.07, 6.45) is 3.77. The van der Waals surface area contributed by atoms with Crippen molar-refractivity contribution in [3.05, 3.63) is 75.5 Å². The molecule has 0 radical (unpaired) electrons. The van der Waals surface area contributed by atoms with Gasteiger partial charge in [0, 0.05) is 31.4 Å². The van der Waals surface area contributed by atoms with Crippen molar-refractivity contribution < 1.29 is 19.7 Å². The number of carbonyl (C=O) groups excluding carboxylic acids is 1. The lowest BCUT2D eigenvalue weighted by molar-refractivity contribution is -0.140. The van der Waals surface area contributed by atoms with Gasteiger partial charge in [0.05, 0.1) is 25.3 Å². The molecule has 0 amide bonds. The van der Waals surface area contributed by atoms with Crippen molar-refractivity contribution >= 4 is 5.97 Å². The van der Waals surface area contributed by atoms with Crippen LogP contribution < -0.4 is 5.56 Å². The van der Waals surface area contributed by atoms with E-state index in [0.29, 0.717) is 24.2 Å². The molecule has 0 aliphatic rings. The normalized spacial score (nSPS) is 12.0. The quantitative estimate of drug-likeness (QED) is 0.578. The number of aryl methyl sites for hydroxylation is 3. The van der Waals surface area contributed by atoms with Crippen LogP contribution in [0.15, 0.2) is 47.5 Å². The number of nitrogens with zero attached hydrogens (tertiary/aromatic N) is 3. The average Bonchev–Trinajstić information content (AvgIpc) is 3.14. The number of aromatic hydroxyl groups is 2. The van der Waals surface area contributed by atoms with Crippen LogP contribution >= 0.6 is 0 Å². The van der Waals surface area contributed by atoms with Gasteiger partial charge in [-0.2, -0.15) is 5.10 Å². The monoisotopic (exact) mass is 411 g/mol. The summed E-state index contributed by atoms with van der Waals surface area (Å²) >= 11 is 0. The molecule has 158 valence electrons. The maximum Gasteiger partial charge on any atom is 0.306 e. The summed E-state index contributed by atoms with van der Waals surface area (Å²) in [5.74, 6) is -1.14. The molecule has 1 aromatic carbocycles. The Morgan fingerprint density at radius 2 is 1.93 bits per heavy atom. The Kier molecular flexibility index (Phi) is 6.25. The molecule has 8 nitrogen and oxygen atoms in total. The largest absolute Gasteiger partial charge is 0.508 e. The first-order valence-corrected chi connectivity index (χ1v) is 9.56. The van der Waals surface area contributed by atoms with Crippen molar-refractivity contribution in [2.45, 2.75) is 32.2 Å². The number of ether oxygens (including phenoxy) is 1. The highest BCUT2D eigenvalue weighted by Gasteiger charge is 2.27. The zero-order valence-corrected chi connectivity index (χ0v) is 17.2. The van der Waals surface area contributed by atoms with E-state index in [1.165, 1.54) is 13.2 Å². The van der Waals surface area contributed by atoms with Gasteiger partial charge in [-0.3, -0.25) is 14.3 Å². The van der Waals surface area contributed by atoms with E-state index >= 15 is 0 Å². The fraction of sp³-hybridized carbons (Fsp3) is 0.318. The maximum absolute atomic E-state index is 13.4. The minimum atomic E-state index is -0.681. The summed E-state index contributed by atoms with van der Waals surface area (Å²) in [5.41, 5.74) is 2.01. The molecule has 0 unspecified atom stereocenters. The van der Waals surface area contributed by atoms with Crippen molar-refractivity contribution in [3.8, 4) is 11.5 Å². The van der Waals surface area contributed by atoms with Crippen molar-refractivity contribution in [2.24, 2.45) is 7.05 Å². The molecule has 0 saturated carbocycles. The summed E-state index contributed by atoms with van der Waals surface area (Å²) < 4.78 is 7.97. The molecule has 0 saturated heterocycles. The molecular formula is C22H25N3O5. The predicted octanol–water partition coefficient (Wildman–Crippen LogP) is 2.24. The first-order chi connectivity index (χ1) is 14.3. The van der Waals surface area contributed by atoms with Gasteiger partial charge in [0.1, 0.15) is 11.5 Å². The van der Waals surface area contributed by atoms with E-state index in [4.69, 9.17) is 4.74 Å². The molecule has 0 spiro atoms. The molecule has 3 aromatic rings. The molecule has 8 heteroatoms. The summed E-state index contributed by atoms with van der Waals surface area (Å²) in [4.78, 5) is 25.4. The number of rotatable bonds is 7. The van der Waals surface area contributed by atoms with Crippen LogP contribution in [0, 0.1) is 6.92 Å². The van der Waals surface area contributed by atoms with Crippen LogP contribution in [0.5, 0.6) is 11.5 Å².